The largest absolute Gasteiger partial charge is 0.496 e. The van der Waals surface area contributed by atoms with Gasteiger partial charge in [-0.2, -0.15) is 0 Å². The monoisotopic (exact) mass is 306 g/mol. The summed E-state index contributed by atoms with van der Waals surface area (Å²) in [7, 11) is 1.53. The Labute approximate surface area is 129 Å². The summed E-state index contributed by atoms with van der Waals surface area (Å²) in [5.74, 6) is 0.319. The van der Waals surface area contributed by atoms with Crippen molar-refractivity contribution >= 4 is 29.0 Å². The van der Waals surface area contributed by atoms with Crippen LogP contribution in [0.25, 0.3) is 0 Å². The smallest absolute Gasteiger partial charge is 0.229 e. The van der Waals surface area contributed by atoms with Gasteiger partial charge in [0.15, 0.2) is 0 Å². The average Bonchev–Trinajstić information content (AvgIpc) is 2.62. The van der Waals surface area contributed by atoms with Crippen molar-refractivity contribution in [3.05, 3.63) is 29.3 Å². The number of methoxy groups -OCH3 is 1. The fourth-order valence-corrected chi connectivity index (χ4v) is 2.53. The molecule has 2 N–H and O–H groups in total. The van der Waals surface area contributed by atoms with Crippen LogP contribution in [0.1, 0.15) is 36.8 Å². The topological polar surface area (TPSA) is 72.6 Å². The zero-order valence-corrected chi connectivity index (χ0v) is 12.7. The second-order valence-electron chi connectivity index (χ2n) is 4.98. The van der Waals surface area contributed by atoms with Gasteiger partial charge >= 0.3 is 0 Å². The Morgan fingerprint density at radius 2 is 1.90 bits per heavy atom. The Morgan fingerprint density at radius 3 is 2.43 bits per heavy atom. The van der Waals surface area contributed by atoms with Crippen LogP contribution in [-0.4, -0.2) is 28.8 Å². The molecular formula is C15H18N2O3S. The number of imide groups is 1. The maximum atomic E-state index is 12.0. The maximum Gasteiger partial charge on any atom is 0.229 e. The van der Waals surface area contributed by atoms with Gasteiger partial charge in [0.1, 0.15) is 10.7 Å². The number of amides is 2. The van der Waals surface area contributed by atoms with Crippen molar-refractivity contribution in [2.75, 3.05) is 7.11 Å². The van der Waals surface area contributed by atoms with Crippen LogP contribution in [0.5, 0.6) is 5.75 Å². The molecule has 2 amide bonds. The van der Waals surface area contributed by atoms with Crippen molar-refractivity contribution in [3.8, 4) is 5.75 Å². The molecule has 0 spiro atoms. The van der Waals surface area contributed by atoms with E-state index in [1.807, 2.05) is 6.07 Å². The number of rotatable bonds is 4. The number of carbonyl (C=O) groups is 2. The number of nitrogens with two attached hydrogens (primary N) is 1. The zero-order chi connectivity index (χ0) is 15.4. The van der Waals surface area contributed by atoms with Gasteiger partial charge in [-0.05, 0) is 30.5 Å². The third kappa shape index (κ3) is 3.58. The highest BCUT2D eigenvalue weighted by molar-refractivity contribution is 7.80. The number of ether oxygens (including phenoxy) is 1. The van der Waals surface area contributed by atoms with Crippen molar-refractivity contribution in [2.24, 2.45) is 5.73 Å². The van der Waals surface area contributed by atoms with E-state index in [4.69, 9.17) is 22.7 Å². The molecule has 21 heavy (non-hydrogen) atoms. The molecule has 1 aromatic rings. The predicted molar refractivity (Wildman–Crippen MR) is 82.9 cm³/mol. The van der Waals surface area contributed by atoms with Gasteiger partial charge in [0.25, 0.3) is 0 Å². The lowest BCUT2D eigenvalue weighted by molar-refractivity contribution is -0.144. The van der Waals surface area contributed by atoms with Gasteiger partial charge in [-0.1, -0.05) is 18.3 Å². The number of thiocarbonyl (C=S) groups is 1. The Hall–Kier alpha value is -1.95. The minimum absolute atomic E-state index is 0.116. The van der Waals surface area contributed by atoms with Crippen LogP contribution in [0.3, 0.4) is 0 Å². The number of hydrogen-bond donors (Lipinski definition) is 1. The molecule has 1 aliphatic heterocycles. The third-order valence-electron chi connectivity index (χ3n) is 3.51. The minimum Gasteiger partial charge on any atom is -0.496 e. The van der Waals surface area contributed by atoms with Crippen LogP contribution in [0, 0.1) is 0 Å². The van der Waals surface area contributed by atoms with Gasteiger partial charge in [-0.15, -0.1) is 0 Å². The molecule has 0 saturated carbocycles. The second kappa shape index (κ2) is 6.67. The molecule has 112 valence electrons. The van der Waals surface area contributed by atoms with E-state index >= 15 is 0 Å². The van der Waals surface area contributed by atoms with E-state index in [2.05, 4.69) is 0 Å². The molecule has 0 radical (unpaired) electrons. The van der Waals surface area contributed by atoms with Crippen molar-refractivity contribution in [3.63, 3.8) is 0 Å². The molecule has 0 atom stereocenters. The molecule has 1 aliphatic rings. The van der Waals surface area contributed by atoms with Gasteiger partial charge in [-0.3, -0.25) is 14.5 Å². The highest BCUT2D eigenvalue weighted by Crippen LogP contribution is 2.22. The fourth-order valence-electron chi connectivity index (χ4n) is 2.36. The fraction of sp³-hybridized carbons (Fsp3) is 0.400. The number of hydrogen-bond acceptors (Lipinski definition) is 4. The summed E-state index contributed by atoms with van der Waals surface area (Å²) in [6, 6.07) is 5.33. The molecule has 0 unspecified atom stereocenters. The van der Waals surface area contributed by atoms with Gasteiger partial charge < -0.3 is 10.5 Å². The quantitative estimate of drug-likeness (QED) is 0.678. The Kier molecular flexibility index (Phi) is 4.90. The highest BCUT2D eigenvalue weighted by Gasteiger charge is 2.24. The van der Waals surface area contributed by atoms with Crippen molar-refractivity contribution in [1.82, 2.24) is 4.90 Å². The maximum absolute atomic E-state index is 12.0. The summed E-state index contributed by atoms with van der Waals surface area (Å²) in [5, 5.41) is 0. The molecule has 0 aliphatic carbocycles. The first-order chi connectivity index (χ1) is 10.0. The van der Waals surface area contributed by atoms with E-state index in [9.17, 15) is 9.59 Å². The molecule has 0 bridgehead atoms. The number of carbonyl (C=O) groups excluding carboxylic acids is 2. The lowest BCUT2D eigenvalue weighted by Gasteiger charge is -2.19. The van der Waals surface area contributed by atoms with Crippen molar-refractivity contribution in [2.45, 2.75) is 32.2 Å². The van der Waals surface area contributed by atoms with E-state index in [1.54, 1.807) is 12.1 Å². The summed E-state index contributed by atoms with van der Waals surface area (Å²) >= 11 is 4.95. The summed E-state index contributed by atoms with van der Waals surface area (Å²) in [6.07, 6.45) is 2.39. The number of nitrogens with zero attached hydrogens (tertiary/aromatic N) is 1. The SMILES string of the molecule is COc1cc(CN2C(=O)CCCCC2=O)ccc1C(N)=S. The van der Waals surface area contributed by atoms with Crippen LogP contribution >= 0.6 is 12.2 Å². The minimum atomic E-state index is -0.116. The van der Waals surface area contributed by atoms with Gasteiger partial charge in [0.2, 0.25) is 11.8 Å². The van der Waals surface area contributed by atoms with Crippen LogP contribution in [0.4, 0.5) is 0 Å². The summed E-state index contributed by atoms with van der Waals surface area (Å²) < 4.78 is 5.26. The molecule has 0 aromatic heterocycles. The van der Waals surface area contributed by atoms with E-state index in [0.29, 0.717) is 24.2 Å². The van der Waals surface area contributed by atoms with Crippen LogP contribution in [-0.2, 0) is 16.1 Å². The molecule has 1 heterocycles. The molecule has 2 rings (SSSR count). The summed E-state index contributed by atoms with van der Waals surface area (Å²) in [4.78, 5) is 25.6. The lowest BCUT2D eigenvalue weighted by Crippen LogP contribution is -2.34. The molecule has 1 saturated heterocycles. The first-order valence-corrected chi connectivity index (χ1v) is 7.23. The van der Waals surface area contributed by atoms with E-state index < -0.39 is 0 Å². The summed E-state index contributed by atoms with van der Waals surface area (Å²) in [5.41, 5.74) is 7.08. The first kappa shape index (κ1) is 15.4. The second-order valence-corrected chi connectivity index (χ2v) is 5.42. The van der Waals surface area contributed by atoms with E-state index in [1.165, 1.54) is 12.0 Å². The van der Waals surface area contributed by atoms with Crippen LogP contribution < -0.4 is 10.5 Å². The number of benzene rings is 1. The number of likely N-dealkylation sites (tertiary alicyclic amines) is 1. The Balaban J connectivity index is 2.24. The van der Waals surface area contributed by atoms with Crippen molar-refractivity contribution in [1.29, 1.82) is 0 Å². The molecule has 1 aromatic carbocycles. The average molecular weight is 306 g/mol. The standard InChI is InChI=1S/C15H18N2O3S/c1-20-12-8-10(6-7-11(12)15(16)21)9-17-13(18)4-2-3-5-14(17)19/h6-8H,2-5,9H2,1H3,(H2,16,21). The lowest BCUT2D eigenvalue weighted by atomic mass is 10.1. The third-order valence-corrected chi connectivity index (χ3v) is 3.73. The molecule has 6 heteroatoms. The normalized spacial score (nSPS) is 15.8. The zero-order valence-electron chi connectivity index (χ0n) is 11.9. The van der Waals surface area contributed by atoms with Gasteiger partial charge in [0.05, 0.1) is 19.2 Å². The van der Waals surface area contributed by atoms with E-state index in [0.717, 1.165) is 18.4 Å². The molecular weight excluding hydrogens is 288 g/mol. The summed E-state index contributed by atoms with van der Waals surface area (Å²) in [6.45, 7) is 0.256. The molecule has 1 fully saturated rings. The Morgan fingerprint density at radius 1 is 1.29 bits per heavy atom. The van der Waals surface area contributed by atoms with E-state index in [-0.39, 0.29) is 23.3 Å². The van der Waals surface area contributed by atoms with Crippen LogP contribution in [0.15, 0.2) is 18.2 Å². The Bertz CT molecular complexity index is 568. The predicted octanol–water partition coefficient (Wildman–Crippen LogP) is 1.76. The van der Waals surface area contributed by atoms with Crippen molar-refractivity contribution < 1.29 is 14.3 Å². The van der Waals surface area contributed by atoms with Crippen LogP contribution in [0.2, 0.25) is 0 Å². The highest BCUT2D eigenvalue weighted by atomic mass is 32.1. The molecule has 5 nitrogen and oxygen atoms in total. The van der Waals surface area contributed by atoms with Gasteiger partial charge in [0, 0.05) is 12.8 Å². The van der Waals surface area contributed by atoms with Gasteiger partial charge in [-0.25, -0.2) is 0 Å². The first-order valence-electron chi connectivity index (χ1n) is 6.83.